The average Bonchev–Trinajstić information content (AvgIpc) is 3.13. The van der Waals surface area contributed by atoms with Crippen LogP contribution in [-0.4, -0.2) is 28.9 Å². The number of amides is 1. The molecule has 1 N–H and O–H groups in total. The van der Waals surface area contributed by atoms with Gasteiger partial charge in [-0.3, -0.25) is 14.7 Å². The standard InChI is InChI=1S/C29H28FN3O/c30-26-12-9-23(10-13-26)22-5-7-24(8-6-22)29(34)32-27-14-11-25-17-21(19-31-28(25)18-27)20-33-15-3-1-2-4-16-33/h5-14,17-19H,1-4,15-16,20H2,(H,32,34). The summed E-state index contributed by atoms with van der Waals surface area (Å²) < 4.78 is 13.1. The number of hydrogen-bond acceptors (Lipinski definition) is 3. The summed E-state index contributed by atoms with van der Waals surface area (Å²) in [5.41, 5.74) is 5.21. The molecule has 0 atom stereocenters. The first-order valence-electron chi connectivity index (χ1n) is 11.9. The third-order valence-electron chi connectivity index (χ3n) is 6.43. The highest BCUT2D eigenvalue weighted by atomic mass is 19.1. The normalized spacial score (nSPS) is 14.6. The maximum absolute atomic E-state index is 13.1. The summed E-state index contributed by atoms with van der Waals surface area (Å²) in [4.78, 5) is 19.9. The smallest absolute Gasteiger partial charge is 0.255 e. The molecule has 4 aromatic rings. The summed E-state index contributed by atoms with van der Waals surface area (Å²) in [6, 6.07) is 21.7. The number of hydrogen-bond donors (Lipinski definition) is 1. The van der Waals surface area contributed by atoms with Crippen molar-refractivity contribution in [1.29, 1.82) is 0 Å². The molecule has 0 spiro atoms. The van der Waals surface area contributed by atoms with Gasteiger partial charge in [-0.15, -0.1) is 0 Å². The lowest BCUT2D eigenvalue weighted by atomic mass is 10.0. The van der Waals surface area contributed by atoms with Gasteiger partial charge >= 0.3 is 0 Å². The van der Waals surface area contributed by atoms with Crippen molar-refractivity contribution >= 4 is 22.5 Å². The highest BCUT2D eigenvalue weighted by molar-refractivity contribution is 6.05. The molecule has 0 bridgehead atoms. The predicted octanol–water partition coefficient (Wildman–Crippen LogP) is 6.67. The van der Waals surface area contributed by atoms with E-state index in [9.17, 15) is 9.18 Å². The van der Waals surface area contributed by atoms with E-state index in [2.05, 4.69) is 21.3 Å². The average molecular weight is 454 g/mol. The van der Waals surface area contributed by atoms with E-state index in [4.69, 9.17) is 0 Å². The molecule has 0 radical (unpaired) electrons. The van der Waals surface area contributed by atoms with Crippen LogP contribution in [0.4, 0.5) is 10.1 Å². The van der Waals surface area contributed by atoms with Crippen molar-refractivity contribution in [2.24, 2.45) is 0 Å². The Morgan fingerprint density at radius 1 is 0.853 bits per heavy atom. The molecular weight excluding hydrogens is 425 g/mol. The maximum atomic E-state index is 13.1. The minimum absolute atomic E-state index is 0.178. The minimum atomic E-state index is -0.266. The monoisotopic (exact) mass is 453 g/mol. The van der Waals surface area contributed by atoms with E-state index in [-0.39, 0.29) is 11.7 Å². The zero-order valence-electron chi connectivity index (χ0n) is 19.1. The Kier molecular flexibility index (Phi) is 6.63. The molecule has 1 aliphatic heterocycles. The molecule has 1 aromatic heterocycles. The summed E-state index contributed by atoms with van der Waals surface area (Å²) in [6.45, 7) is 3.26. The Morgan fingerprint density at radius 2 is 1.53 bits per heavy atom. The van der Waals surface area contributed by atoms with Crippen LogP contribution in [-0.2, 0) is 6.54 Å². The Bertz CT molecular complexity index is 1280. The lowest BCUT2D eigenvalue weighted by Crippen LogP contribution is -2.23. The Balaban J connectivity index is 1.25. The van der Waals surface area contributed by atoms with Crippen LogP contribution in [0.25, 0.3) is 22.0 Å². The largest absolute Gasteiger partial charge is 0.322 e. The third kappa shape index (κ3) is 5.32. The molecule has 1 amide bonds. The fourth-order valence-corrected chi connectivity index (χ4v) is 4.54. The van der Waals surface area contributed by atoms with E-state index in [0.717, 1.165) is 41.7 Å². The van der Waals surface area contributed by atoms with Crippen molar-refractivity contribution in [2.75, 3.05) is 18.4 Å². The number of benzene rings is 3. The molecule has 4 nitrogen and oxygen atoms in total. The second-order valence-electron chi connectivity index (χ2n) is 8.98. The van der Waals surface area contributed by atoms with Crippen LogP contribution in [0, 0.1) is 5.82 Å². The van der Waals surface area contributed by atoms with Crippen LogP contribution in [0.3, 0.4) is 0 Å². The van der Waals surface area contributed by atoms with Crippen molar-refractivity contribution in [2.45, 2.75) is 32.2 Å². The van der Waals surface area contributed by atoms with Gasteiger partial charge in [-0.05, 0) is 85.1 Å². The zero-order valence-corrected chi connectivity index (χ0v) is 19.1. The molecule has 1 aliphatic rings. The van der Waals surface area contributed by atoms with Gasteiger partial charge in [-0.2, -0.15) is 0 Å². The van der Waals surface area contributed by atoms with Gasteiger partial charge in [0, 0.05) is 29.4 Å². The number of rotatable bonds is 5. The molecule has 5 rings (SSSR count). The predicted molar refractivity (Wildman–Crippen MR) is 135 cm³/mol. The number of likely N-dealkylation sites (tertiary alicyclic amines) is 1. The van der Waals surface area contributed by atoms with Gasteiger partial charge in [0.1, 0.15) is 5.82 Å². The highest BCUT2D eigenvalue weighted by Gasteiger charge is 2.11. The summed E-state index contributed by atoms with van der Waals surface area (Å²) in [5, 5.41) is 4.05. The van der Waals surface area contributed by atoms with Gasteiger partial charge in [0.2, 0.25) is 0 Å². The van der Waals surface area contributed by atoms with E-state index in [1.54, 1.807) is 24.3 Å². The number of fused-ring (bicyclic) bond motifs is 1. The number of carbonyl (C=O) groups is 1. The van der Waals surface area contributed by atoms with Gasteiger partial charge in [0.05, 0.1) is 5.52 Å². The number of halogens is 1. The molecule has 0 saturated carbocycles. The lowest BCUT2D eigenvalue weighted by Gasteiger charge is -2.19. The van der Waals surface area contributed by atoms with Crippen molar-refractivity contribution in [1.82, 2.24) is 9.88 Å². The fraction of sp³-hybridized carbons (Fsp3) is 0.241. The molecule has 172 valence electrons. The minimum Gasteiger partial charge on any atom is -0.322 e. The third-order valence-corrected chi connectivity index (χ3v) is 6.43. The molecule has 2 heterocycles. The first kappa shape index (κ1) is 22.2. The number of nitrogens with zero attached hydrogens (tertiary/aromatic N) is 2. The van der Waals surface area contributed by atoms with Crippen LogP contribution in [0.1, 0.15) is 41.6 Å². The van der Waals surface area contributed by atoms with Crippen LogP contribution in [0.2, 0.25) is 0 Å². The molecular formula is C29H28FN3O. The molecule has 5 heteroatoms. The molecule has 34 heavy (non-hydrogen) atoms. The molecule has 0 aliphatic carbocycles. The molecule has 1 saturated heterocycles. The summed E-state index contributed by atoms with van der Waals surface area (Å²) in [5.74, 6) is -0.443. The lowest BCUT2D eigenvalue weighted by molar-refractivity contribution is 0.102. The second-order valence-corrected chi connectivity index (χ2v) is 8.98. The number of aromatic nitrogens is 1. The summed E-state index contributed by atoms with van der Waals surface area (Å²) in [7, 11) is 0. The molecule has 0 unspecified atom stereocenters. The molecule has 1 fully saturated rings. The van der Waals surface area contributed by atoms with Crippen molar-refractivity contribution in [3.8, 4) is 11.1 Å². The zero-order chi connectivity index (χ0) is 23.3. The van der Waals surface area contributed by atoms with Crippen LogP contribution < -0.4 is 5.32 Å². The SMILES string of the molecule is O=C(Nc1ccc2cc(CN3CCCCCC3)cnc2c1)c1ccc(-c2ccc(F)cc2)cc1. The highest BCUT2D eigenvalue weighted by Crippen LogP contribution is 2.23. The Labute approximate surface area is 199 Å². The van der Waals surface area contributed by atoms with Crippen molar-refractivity contribution in [3.05, 3.63) is 95.9 Å². The van der Waals surface area contributed by atoms with Crippen LogP contribution in [0.5, 0.6) is 0 Å². The first-order valence-corrected chi connectivity index (χ1v) is 11.9. The van der Waals surface area contributed by atoms with E-state index in [1.807, 2.05) is 36.5 Å². The number of anilines is 1. The van der Waals surface area contributed by atoms with E-state index < -0.39 is 0 Å². The fourth-order valence-electron chi connectivity index (χ4n) is 4.54. The Hall–Kier alpha value is -3.57. The topological polar surface area (TPSA) is 45.2 Å². The van der Waals surface area contributed by atoms with Gasteiger partial charge in [-0.25, -0.2) is 4.39 Å². The van der Waals surface area contributed by atoms with Gasteiger partial charge in [0.15, 0.2) is 0 Å². The number of nitrogens with one attached hydrogen (secondary N) is 1. The van der Waals surface area contributed by atoms with Crippen molar-refractivity contribution < 1.29 is 9.18 Å². The van der Waals surface area contributed by atoms with Gasteiger partial charge < -0.3 is 5.32 Å². The summed E-state index contributed by atoms with van der Waals surface area (Å²) >= 11 is 0. The van der Waals surface area contributed by atoms with Crippen LogP contribution in [0.15, 0.2) is 79.0 Å². The summed E-state index contributed by atoms with van der Waals surface area (Å²) in [6.07, 6.45) is 7.17. The number of pyridine rings is 1. The van der Waals surface area contributed by atoms with Crippen LogP contribution >= 0.6 is 0 Å². The number of carbonyl (C=O) groups excluding carboxylic acids is 1. The Morgan fingerprint density at radius 3 is 2.24 bits per heavy atom. The quantitative estimate of drug-likeness (QED) is 0.367. The van der Waals surface area contributed by atoms with Gasteiger partial charge in [0.25, 0.3) is 5.91 Å². The van der Waals surface area contributed by atoms with E-state index >= 15 is 0 Å². The first-order chi connectivity index (χ1) is 16.6. The molecule has 3 aromatic carbocycles. The van der Waals surface area contributed by atoms with E-state index in [1.165, 1.54) is 43.4 Å². The maximum Gasteiger partial charge on any atom is 0.255 e. The van der Waals surface area contributed by atoms with Crippen molar-refractivity contribution in [3.63, 3.8) is 0 Å². The van der Waals surface area contributed by atoms with Gasteiger partial charge in [-0.1, -0.05) is 43.2 Å². The second kappa shape index (κ2) is 10.1. The van der Waals surface area contributed by atoms with E-state index in [0.29, 0.717) is 11.3 Å².